The maximum atomic E-state index is 13.8. The Balaban J connectivity index is 1.18. The number of fused-ring (bicyclic) bond motifs is 5. The van der Waals surface area contributed by atoms with Crippen LogP contribution in [0.1, 0.15) is 89.5 Å². The Labute approximate surface area is 245 Å². The minimum atomic E-state index is -0.691. The van der Waals surface area contributed by atoms with Crippen LogP contribution in [0, 0.1) is 28.6 Å². The molecule has 6 rings (SSSR count). The van der Waals surface area contributed by atoms with E-state index in [1.54, 1.807) is 6.26 Å². The average molecular weight is 569 g/mol. The standard InChI is InChI=1S/C33H52N4O4/c1-31-12-9-25(37(18-15-34)30(39)36-17-4-16-35(3)19-20-36)21-24(31)6-7-28-27(31)10-13-32(2)26(11-14-33(28,32)40)23-5-8-29(38)41-22-23/h5,8,22,24-28,40H,4,6-7,9-21,34H2,1-3H3/t24-,25+,26-,27+,28-,31+,32-,33+/m1/s1. The van der Waals surface area contributed by atoms with Gasteiger partial charge in [0, 0.05) is 50.2 Å². The quantitative estimate of drug-likeness (QED) is 0.563. The van der Waals surface area contributed by atoms with Crippen LogP contribution in [0.3, 0.4) is 0 Å². The number of likely N-dealkylation sites (N-methyl/N-ethyl adjacent to an activating group) is 1. The van der Waals surface area contributed by atoms with Crippen molar-refractivity contribution in [1.82, 2.24) is 14.7 Å². The molecule has 8 atom stereocenters. The Morgan fingerprint density at radius 1 is 1.05 bits per heavy atom. The van der Waals surface area contributed by atoms with Crippen LogP contribution in [-0.2, 0) is 0 Å². The van der Waals surface area contributed by atoms with E-state index in [1.807, 2.05) is 6.07 Å². The van der Waals surface area contributed by atoms with Gasteiger partial charge in [-0.2, -0.15) is 0 Å². The number of amides is 2. The lowest BCUT2D eigenvalue weighted by atomic mass is 9.43. The Bertz CT molecular complexity index is 1150. The van der Waals surface area contributed by atoms with Crippen molar-refractivity contribution in [3.8, 4) is 0 Å². The number of hydrogen-bond donors (Lipinski definition) is 2. The number of urea groups is 1. The predicted octanol–water partition coefficient (Wildman–Crippen LogP) is 4.27. The van der Waals surface area contributed by atoms with Gasteiger partial charge in [-0.3, -0.25) is 0 Å². The zero-order valence-corrected chi connectivity index (χ0v) is 25.5. The Morgan fingerprint density at radius 2 is 1.88 bits per heavy atom. The number of carbonyl (C=O) groups is 1. The monoisotopic (exact) mass is 568 g/mol. The van der Waals surface area contributed by atoms with E-state index in [-0.39, 0.29) is 34.4 Å². The van der Waals surface area contributed by atoms with Crippen molar-refractivity contribution >= 4 is 6.03 Å². The fraction of sp³-hybridized carbons (Fsp3) is 0.818. The second-order valence-corrected chi connectivity index (χ2v) is 14.7. The molecule has 0 unspecified atom stereocenters. The van der Waals surface area contributed by atoms with Crippen LogP contribution in [-0.4, -0.2) is 83.8 Å². The zero-order chi connectivity index (χ0) is 29.0. The molecular formula is C33H52N4O4. The largest absolute Gasteiger partial charge is 0.431 e. The Morgan fingerprint density at radius 3 is 2.63 bits per heavy atom. The molecule has 3 N–H and O–H groups in total. The summed E-state index contributed by atoms with van der Waals surface area (Å²) in [6, 6.07) is 3.87. The molecule has 228 valence electrons. The molecule has 4 aliphatic carbocycles. The van der Waals surface area contributed by atoms with Gasteiger partial charge in [-0.1, -0.05) is 13.8 Å². The third kappa shape index (κ3) is 4.76. The summed E-state index contributed by atoms with van der Waals surface area (Å²) >= 11 is 0. The molecule has 41 heavy (non-hydrogen) atoms. The second kappa shape index (κ2) is 11.0. The summed E-state index contributed by atoms with van der Waals surface area (Å²) in [7, 11) is 2.14. The van der Waals surface area contributed by atoms with Crippen LogP contribution < -0.4 is 11.4 Å². The number of nitrogens with two attached hydrogens (primary N) is 1. The molecule has 0 aromatic carbocycles. The molecular weight excluding hydrogens is 516 g/mol. The van der Waals surface area contributed by atoms with Gasteiger partial charge in [0.15, 0.2) is 0 Å². The zero-order valence-electron chi connectivity index (χ0n) is 25.5. The molecule has 5 fully saturated rings. The average Bonchev–Trinajstić information content (AvgIpc) is 3.07. The highest BCUT2D eigenvalue weighted by atomic mass is 16.4. The van der Waals surface area contributed by atoms with E-state index in [9.17, 15) is 14.7 Å². The molecule has 2 heterocycles. The highest BCUT2D eigenvalue weighted by molar-refractivity contribution is 5.75. The van der Waals surface area contributed by atoms with Crippen LogP contribution in [0.2, 0.25) is 0 Å². The number of hydrogen-bond acceptors (Lipinski definition) is 6. The van der Waals surface area contributed by atoms with Gasteiger partial charge in [-0.15, -0.1) is 0 Å². The van der Waals surface area contributed by atoms with Gasteiger partial charge >= 0.3 is 11.7 Å². The van der Waals surface area contributed by atoms with Crippen molar-refractivity contribution in [3.05, 3.63) is 34.4 Å². The van der Waals surface area contributed by atoms with E-state index in [4.69, 9.17) is 10.2 Å². The van der Waals surface area contributed by atoms with Gasteiger partial charge in [0.1, 0.15) is 0 Å². The smallest absolute Gasteiger partial charge is 0.335 e. The molecule has 1 aromatic rings. The lowest BCUT2D eigenvalue weighted by molar-refractivity contribution is -0.203. The van der Waals surface area contributed by atoms with E-state index < -0.39 is 5.60 Å². The van der Waals surface area contributed by atoms with Crippen molar-refractivity contribution in [2.45, 2.75) is 95.6 Å². The van der Waals surface area contributed by atoms with Gasteiger partial charge in [0.25, 0.3) is 0 Å². The molecule has 0 bridgehead atoms. The summed E-state index contributed by atoms with van der Waals surface area (Å²) in [6.07, 6.45) is 11.9. The molecule has 8 heteroatoms. The molecule has 2 amide bonds. The maximum absolute atomic E-state index is 13.8. The van der Waals surface area contributed by atoms with Crippen LogP contribution in [0.25, 0.3) is 0 Å². The van der Waals surface area contributed by atoms with Crippen LogP contribution in [0.15, 0.2) is 27.6 Å². The van der Waals surface area contributed by atoms with Gasteiger partial charge in [0.2, 0.25) is 0 Å². The third-order valence-electron chi connectivity index (χ3n) is 13.0. The van der Waals surface area contributed by atoms with Gasteiger partial charge in [-0.05, 0) is 119 Å². The van der Waals surface area contributed by atoms with Crippen LogP contribution >= 0.6 is 0 Å². The van der Waals surface area contributed by atoms with E-state index >= 15 is 0 Å². The molecule has 5 aliphatic rings. The molecule has 0 spiro atoms. The summed E-state index contributed by atoms with van der Waals surface area (Å²) in [4.78, 5) is 31.9. The molecule has 1 saturated heterocycles. The molecule has 1 aromatic heterocycles. The molecule has 0 radical (unpaired) electrons. The molecule has 1 aliphatic heterocycles. The fourth-order valence-corrected chi connectivity index (χ4v) is 10.6. The molecule has 4 saturated carbocycles. The van der Waals surface area contributed by atoms with E-state index in [0.29, 0.717) is 30.8 Å². The summed E-state index contributed by atoms with van der Waals surface area (Å²) in [5, 5.41) is 12.6. The Kier molecular flexibility index (Phi) is 7.82. The van der Waals surface area contributed by atoms with E-state index in [0.717, 1.165) is 96.0 Å². The summed E-state index contributed by atoms with van der Waals surface area (Å²) in [5.74, 6) is 1.59. The second-order valence-electron chi connectivity index (χ2n) is 14.7. The van der Waals surface area contributed by atoms with Crippen molar-refractivity contribution in [2.24, 2.45) is 34.3 Å². The summed E-state index contributed by atoms with van der Waals surface area (Å²) in [5.41, 5.74) is 6.10. The lowest BCUT2D eigenvalue weighted by Gasteiger charge is -2.64. The third-order valence-corrected chi connectivity index (χ3v) is 13.0. The van der Waals surface area contributed by atoms with Gasteiger partial charge in [0.05, 0.1) is 11.9 Å². The van der Waals surface area contributed by atoms with E-state index in [1.165, 1.54) is 6.07 Å². The predicted molar refractivity (Wildman–Crippen MR) is 160 cm³/mol. The number of aliphatic hydroxyl groups is 1. The number of nitrogens with zero attached hydrogens (tertiary/aromatic N) is 3. The van der Waals surface area contributed by atoms with Crippen LogP contribution in [0.5, 0.6) is 0 Å². The lowest BCUT2D eigenvalue weighted by Crippen LogP contribution is -2.63. The van der Waals surface area contributed by atoms with Crippen molar-refractivity contribution in [2.75, 3.05) is 46.3 Å². The highest BCUT2D eigenvalue weighted by Gasteiger charge is 2.67. The van der Waals surface area contributed by atoms with Crippen molar-refractivity contribution in [3.63, 3.8) is 0 Å². The topological polar surface area (TPSA) is 103 Å². The minimum absolute atomic E-state index is 0.185. The normalized spacial score (nSPS) is 41.2. The first-order valence-electron chi connectivity index (χ1n) is 16.4. The minimum Gasteiger partial charge on any atom is -0.431 e. The first-order valence-corrected chi connectivity index (χ1v) is 16.4. The van der Waals surface area contributed by atoms with Crippen molar-refractivity contribution < 1.29 is 14.3 Å². The summed E-state index contributed by atoms with van der Waals surface area (Å²) < 4.78 is 5.26. The van der Waals surface area contributed by atoms with Crippen molar-refractivity contribution in [1.29, 1.82) is 0 Å². The highest BCUT2D eigenvalue weighted by Crippen LogP contribution is 2.70. The fourth-order valence-electron chi connectivity index (χ4n) is 10.6. The first kappa shape index (κ1) is 29.2. The van der Waals surface area contributed by atoms with Crippen LogP contribution in [0.4, 0.5) is 4.79 Å². The summed E-state index contributed by atoms with van der Waals surface area (Å²) in [6.45, 7) is 9.53. The number of rotatable bonds is 4. The first-order chi connectivity index (χ1) is 19.6. The molecule has 8 nitrogen and oxygen atoms in total. The Hall–Kier alpha value is -1.90. The number of carbonyl (C=O) groups excluding carboxylic acids is 1. The maximum Gasteiger partial charge on any atom is 0.335 e. The van der Waals surface area contributed by atoms with Gasteiger partial charge < -0.3 is 30.0 Å². The van der Waals surface area contributed by atoms with Gasteiger partial charge in [-0.25, -0.2) is 9.59 Å². The van der Waals surface area contributed by atoms with E-state index in [2.05, 4.69) is 35.6 Å². The SMILES string of the molecule is CN1CCCN(C(=O)N(CCN)[C@H]2CC[C@@]3(C)[C@H](CC[C@@H]4[C@@H]3CC[C@]3(C)[C@@H](c5ccc(=O)oc5)CC[C@]43O)C2)CC1.